The van der Waals surface area contributed by atoms with Gasteiger partial charge in [-0.15, -0.1) is 11.8 Å². The summed E-state index contributed by atoms with van der Waals surface area (Å²) in [7, 11) is 0. The first-order valence-electron chi connectivity index (χ1n) is 6.50. The van der Waals surface area contributed by atoms with Crippen LogP contribution in [0.3, 0.4) is 0 Å². The van der Waals surface area contributed by atoms with Crippen molar-refractivity contribution in [1.82, 2.24) is 0 Å². The van der Waals surface area contributed by atoms with Gasteiger partial charge < -0.3 is 0 Å². The molecule has 1 saturated carbocycles. The summed E-state index contributed by atoms with van der Waals surface area (Å²) in [6, 6.07) is 8.02. The Kier molecular flexibility index (Phi) is 4.66. The van der Waals surface area contributed by atoms with E-state index in [2.05, 4.69) is 6.07 Å². The quantitative estimate of drug-likeness (QED) is 0.443. The molecule has 0 N–H and O–H groups in total. The van der Waals surface area contributed by atoms with Gasteiger partial charge in [-0.05, 0) is 25.2 Å². The molecule has 1 aliphatic rings. The summed E-state index contributed by atoms with van der Waals surface area (Å²) in [5, 5.41) is 0. The van der Waals surface area contributed by atoms with Gasteiger partial charge >= 0.3 is 0 Å². The van der Waals surface area contributed by atoms with Crippen LogP contribution in [-0.4, -0.2) is 12.0 Å². The van der Waals surface area contributed by atoms with Crippen LogP contribution in [0.4, 0.5) is 0 Å². The summed E-state index contributed by atoms with van der Waals surface area (Å²) in [4.78, 5) is 13.6. The first-order chi connectivity index (χ1) is 8.33. The van der Waals surface area contributed by atoms with Gasteiger partial charge in [0.2, 0.25) is 0 Å². The van der Waals surface area contributed by atoms with Crippen molar-refractivity contribution in [1.29, 1.82) is 0 Å². The summed E-state index contributed by atoms with van der Waals surface area (Å²) in [6.07, 6.45) is 9.25. The molecule has 0 spiro atoms. The maximum absolute atomic E-state index is 12.5. The lowest BCUT2D eigenvalue weighted by Crippen LogP contribution is -2.14. The van der Waals surface area contributed by atoms with E-state index in [1.807, 2.05) is 24.5 Å². The Balaban J connectivity index is 2.17. The smallest absolute Gasteiger partial charge is 0.167 e. The number of carbonyl (C=O) groups excluding carboxylic acids is 1. The molecule has 0 saturated heterocycles. The Morgan fingerprint density at radius 3 is 2.41 bits per heavy atom. The van der Waals surface area contributed by atoms with Gasteiger partial charge in [-0.1, -0.05) is 43.9 Å². The van der Waals surface area contributed by atoms with Gasteiger partial charge in [-0.3, -0.25) is 4.79 Å². The zero-order chi connectivity index (χ0) is 12.1. The Morgan fingerprint density at radius 1 is 1.12 bits per heavy atom. The molecule has 0 amide bonds. The Hall–Kier alpha value is -0.760. The normalized spacial score (nSPS) is 17.7. The van der Waals surface area contributed by atoms with E-state index in [-0.39, 0.29) is 5.92 Å². The highest BCUT2D eigenvalue weighted by Crippen LogP contribution is 2.29. The third kappa shape index (κ3) is 3.12. The van der Waals surface area contributed by atoms with E-state index in [9.17, 15) is 4.79 Å². The van der Waals surface area contributed by atoms with Crippen molar-refractivity contribution in [2.45, 2.75) is 43.4 Å². The fourth-order valence-corrected chi connectivity index (χ4v) is 3.21. The molecule has 2 heteroatoms. The summed E-state index contributed by atoms with van der Waals surface area (Å²) in [5.41, 5.74) is 0.937. The minimum absolute atomic E-state index is 0.269. The maximum Gasteiger partial charge on any atom is 0.167 e. The molecule has 1 nitrogen and oxygen atoms in total. The van der Waals surface area contributed by atoms with Gasteiger partial charge in [-0.2, -0.15) is 0 Å². The fourth-order valence-electron chi connectivity index (χ4n) is 2.61. The van der Waals surface area contributed by atoms with Crippen LogP contribution >= 0.6 is 11.8 Å². The van der Waals surface area contributed by atoms with Crippen molar-refractivity contribution in [3.8, 4) is 0 Å². The highest BCUT2D eigenvalue weighted by molar-refractivity contribution is 7.98. The summed E-state index contributed by atoms with van der Waals surface area (Å²) in [6.45, 7) is 0. The lowest BCUT2D eigenvalue weighted by Gasteiger charge is -2.14. The first kappa shape index (κ1) is 12.7. The van der Waals surface area contributed by atoms with E-state index in [1.54, 1.807) is 11.8 Å². The zero-order valence-corrected chi connectivity index (χ0v) is 11.3. The number of ketones is 1. The monoisotopic (exact) mass is 248 g/mol. The highest BCUT2D eigenvalue weighted by atomic mass is 32.2. The molecule has 2 rings (SSSR count). The number of benzene rings is 1. The minimum Gasteiger partial charge on any atom is -0.294 e. The average molecular weight is 248 g/mol. The number of thioether (sulfide) groups is 1. The summed E-state index contributed by atoms with van der Waals surface area (Å²) in [5.74, 6) is 0.641. The molecule has 0 unspecified atom stereocenters. The number of Topliss-reactive ketones (excluding diaryl/α,β-unsaturated/α-hetero) is 1. The van der Waals surface area contributed by atoms with Gasteiger partial charge in [0.05, 0.1) is 0 Å². The third-order valence-corrected chi connectivity index (χ3v) is 4.39. The van der Waals surface area contributed by atoms with E-state index in [0.717, 1.165) is 23.3 Å². The van der Waals surface area contributed by atoms with Gasteiger partial charge in [0.25, 0.3) is 0 Å². The van der Waals surface area contributed by atoms with Crippen LogP contribution in [0.2, 0.25) is 0 Å². The third-order valence-electron chi connectivity index (χ3n) is 3.60. The van der Waals surface area contributed by atoms with Crippen LogP contribution < -0.4 is 0 Å². The fraction of sp³-hybridized carbons (Fsp3) is 0.533. The second-order valence-corrected chi connectivity index (χ2v) is 5.60. The second kappa shape index (κ2) is 6.25. The van der Waals surface area contributed by atoms with Crippen LogP contribution in [-0.2, 0) is 0 Å². The zero-order valence-electron chi connectivity index (χ0n) is 10.4. The van der Waals surface area contributed by atoms with Crippen molar-refractivity contribution < 1.29 is 4.79 Å². The van der Waals surface area contributed by atoms with Crippen LogP contribution in [0, 0.1) is 5.92 Å². The molecule has 1 aliphatic carbocycles. The molecule has 17 heavy (non-hydrogen) atoms. The van der Waals surface area contributed by atoms with Crippen LogP contribution in [0.15, 0.2) is 29.2 Å². The largest absolute Gasteiger partial charge is 0.294 e. The maximum atomic E-state index is 12.5. The van der Waals surface area contributed by atoms with Gasteiger partial charge in [-0.25, -0.2) is 0 Å². The molecule has 0 atom stereocenters. The predicted octanol–water partition coefficient (Wildman–Crippen LogP) is 4.56. The molecule has 92 valence electrons. The number of rotatable bonds is 3. The average Bonchev–Trinajstić information content (AvgIpc) is 2.66. The molecule has 0 heterocycles. The number of hydrogen-bond donors (Lipinski definition) is 0. The van der Waals surface area contributed by atoms with Crippen molar-refractivity contribution in [2.24, 2.45) is 5.92 Å². The van der Waals surface area contributed by atoms with E-state index < -0.39 is 0 Å². The topological polar surface area (TPSA) is 17.1 Å². The molecule has 0 aromatic heterocycles. The van der Waals surface area contributed by atoms with Crippen LogP contribution in [0.25, 0.3) is 0 Å². The van der Waals surface area contributed by atoms with E-state index in [1.165, 1.54) is 25.7 Å². The molecule has 1 fully saturated rings. The Bertz CT molecular complexity index is 378. The summed E-state index contributed by atoms with van der Waals surface area (Å²) < 4.78 is 0. The lowest BCUT2D eigenvalue weighted by atomic mass is 9.91. The molecular weight excluding hydrogens is 228 g/mol. The van der Waals surface area contributed by atoms with E-state index >= 15 is 0 Å². The molecule has 0 bridgehead atoms. The summed E-state index contributed by atoms with van der Waals surface area (Å²) >= 11 is 1.67. The van der Waals surface area contributed by atoms with Crippen molar-refractivity contribution >= 4 is 17.5 Å². The van der Waals surface area contributed by atoms with Crippen LogP contribution in [0.1, 0.15) is 48.9 Å². The van der Waals surface area contributed by atoms with Gasteiger partial charge in [0, 0.05) is 16.4 Å². The Labute approximate surface area is 108 Å². The first-order valence-corrected chi connectivity index (χ1v) is 7.72. The molecule has 0 aliphatic heterocycles. The van der Waals surface area contributed by atoms with Crippen molar-refractivity contribution in [2.75, 3.05) is 6.26 Å². The van der Waals surface area contributed by atoms with E-state index in [0.29, 0.717) is 5.78 Å². The molecule has 1 aromatic rings. The van der Waals surface area contributed by atoms with E-state index in [4.69, 9.17) is 0 Å². The second-order valence-electron chi connectivity index (χ2n) is 4.75. The lowest BCUT2D eigenvalue weighted by molar-refractivity contribution is 0.0905. The predicted molar refractivity (Wildman–Crippen MR) is 73.7 cm³/mol. The number of hydrogen-bond acceptors (Lipinski definition) is 2. The van der Waals surface area contributed by atoms with Crippen LogP contribution in [0.5, 0.6) is 0 Å². The minimum atomic E-state index is 0.269. The Morgan fingerprint density at radius 2 is 1.76 bits per heavy atom. The molecular formula is C15H20OS. The highest BCUT2D eigenvalue weighted by Gasteiger charge is 2.22. The van der Waals surface area contributed by atoms with Gasteiger partial charge in [0.15, 0.2) is 5.78 Å². The standard InChI is InChI=1S/C15H20OS/c1-17-14-11-7-6-10-13(14)15(16)12-8-4-2-3-5-9-12/h6-7,10-12H,2-5,8-9H2,1H3. The molecule has 1 aromatic carbocycles. The van der Waals surface area contributed by atoms with Gasteiger partial charge in [0.1, 0.15) is 0 Å². The number of carbonyl (C=O) groups is 1. The SMILES string of the molecule is CSc1ccccc1C(=O)C1CCCCCC1. The van der Waals surface area contributed by atoms with Crippen molar-refractivity contribution in [3.05, 3.63) is 29.8 Å². The molecule has 0 radical (unpaired) electrons. The van der Waals surface area contributed by atoms with Crippen molar-refractivity contribution in [3.63, 3.8) is 0 Å².